The predicted octanol–water partition coefficient (Wildman–Crippen LogP) is 9.59. The van der Waals surface area contributed by atoms with Crippen LogP contribution in [0.25, 0.3) is 23.3 Å². The Morgan fingerprint density at radius 1 is 0.500 bits per heavy atom. The van der Waals surface area contributed by atoms with Crippen molar-refractivity contribution < 1.29 is 0 Å². The molecule has 0 spiro atoms. The van der Waals surface area contributed by atoms with Gasteiger partial charge in [0.1, 0.15) is 0 Å². The molecule has 5 aromatic carbocycles. The van der Waals surface area contributed by atoms with E-state index in [2.05, 4.69) is 53.4 Å². The number of nitrogens with zero attached hydrogens (tertiary/aromatic N) is 3. The van der Waals surface area contributed by atoms with E-state index < -0.39 is 0 Å². The first-order chi connectivity index (χ1) is 19.6. The SMILES string of the molecule is Cc1ccc(/C=C(\C#N)c2ccc(/C(C#N)=C/c3ccc(N(c4ccccc4)c4ccccc4)cc3)cc2)cc1. The van der Waals surface area contributed by atoms with Gasteiger partial charge in [-0.05, 0) is 77.7 Å². The zero-order valence-corrected chi connectivity index (χ0v) is 22.2. The Morgan fingerprint density at radius 3 is 1.27 bits per heavy atom. The van der Waals surface area contributed by atoms with Gasteiger partial charge in [0.05, 0.1) is 23.3 Å². The lowest BCUT2D eigenvalue weighted by Gasteiger charge is -2.25. The first-order valence-electron chi connectivity index (χ1n) is 13.1. The van der Waals surface area contributed by atoms with Gasteiger partial charge in [0.25, 0.3) is 0 Å². The van der Waals surface area contributed by atoms with Gasteiger partial charge in [-0.2, -0.15) is 10.5 Å². The number of hydrogen-bond donors (Lipinski definition) is 0. The number of benzene rings is 5. The molecule has 0 aliphatic heterocycles. The van der Waals surface area contributed by atoms with Gasteiger partial charge in [-0.25, -0.2) is 0 Å². The summed E-state index contributed by atoms with van der Waals surface area (Å²) in [5, 5.41) is 19.7. The van der Waals surface area contributed by atoms with Crippen molar-refractivity contribution in [3.05, 3.63) is 161 Å². The van der Waals surface area contributed by atoms with E-state index in [1.54, 1.807) is 0 Å². The molecule has 0 saturated heterocycles. The maximum absolute atomic E-state index is 9.93. The third-order valence-electron chi connectivity index (χ3n) is 6.63. The van der Waals surface area contributed by atoms with Crippen LogP contribution in [0.3, 0.4) is 0 Å². The average Bonchev–Trinajstić information content (AvgIpc) is 3.02. The number of aryl methyl sites for hydroxylation is 1. The number of para-hydroxylation sites is 2. The third-order valence-corrected chi connectivity index (χ3v) is 6.63. The molecule has 5 aromatic rings. The lowest BCUT2D eigenvalue weighted by atomic mass is 9.98. The van der Waals surface area contributed by atoms with E-state index in [0.29, 0.717) is 11.1 Å². The van der Waals surface area contributed by atoms with E-state index >= 15 is 0 Å². The molecule has 3 nitrogen and oxygen atoms in total. The van der Waals surface area contributed by atoms with Crippen LogP contribution in [0.5, 0.6) is 0 Å². The average molecular weight is 514 g/mol. The molecule has 0 saturated carbocycles. The molecule has 190 valence electrons. The highest BCUT2D eigenvalue weighted by atomic mass is 15.1. The van der Waals surface area contributed by atoms with Crippen molar-refractivity contribution >= 4 is 40.4 Å². The lowest BCUT2D eigenvalue weighted by Crippen LogP contribution is -2.09. The second-order valence-corrected chi connectivity index (χ2v) is 9.43. The minimum absolute atomic E-state index is 0.559. The molecule has 0 fully saturated rings. The molecule has 0 radical (unpaired) electrons. The standard InChI is InChI=1S/C37H27N3/c1-28-12-14-29(15-13-28)24-33(26-38)31-18-20-32(21-19-31)34(27-39)25-30-16-22-37(23-17-30)40(35-8-4-2-5-9-35)36-10-6-3-7-11-36/h2-25H,1H3/b33-24+,34-25+. The van der Waals surface area contributed by atoms with Crippen LogP contribution in [0.15, 0.2) is 133 Å². The maximum atomic E-state index is 9.93. The van der Waals surface area contributed by atoms with E-state index in [-0.39, 0.29) is 0 Å². The van der Waals surface area contributed by atoms with Crippen LogP contribution < -0.4 is 4.90 Å². The topological polar surface area (TPSA) is 50.8 Å². The van der Waals surface area contributed by atoms with Crippen molar-refractivity contribution in [1.29, 1.82) is 10.5 Å². The molecule has 0 unspecified atom stereocenters. The van der Waals surface area contributed by atoms with Gasteiger partial charge >= 0.3 is 0 Å². The number of nitriles is 2. The summed E-state index contributed by atoms with van der Waals surface area (Å²) in [7, 11) is 0. The summed E-state index contributed by atoms with van der Waals surface area (Å²) >= 11 is 0. The second kappa shape index (κ2) is 12.3. The van der Waals surface area contributed by atoms with Gasteiger partial charge in [-0.3, -0.25) is 0 Å². The summed E-state index contributed by atoms with van der Waals surface area (Å²) in [6, 6.07) is 49.0. The number of hydrogen-bond acceptors (Lipinski definition) is 3. The van der Waals surface area contributed by atoms with E-state index in [1.807, 2.05) is 116 Å². The van der Waals surface area contributed by atoms with Crippen LogP contribution in [-0.4, -0.2) is 0 Å². The summed E-state index contributed by atoms with van der Waals surface area (Å²) in [6.45, 7) is 2.04. The molecule has 40 heavy (non-hydrogen) atoms. The zero-order valence-electron chi connectivity index (χ0n) is 22.2. The first-order valence-corrected chi connectivity index (χ1v) is 13.1. The van der Waals surface area contributed by atoms with E-state index in [4.69, 9.17) is 0 Å². The van der Waals surface area contributed by atoms with Crippen molar-refractivity contribution in [1.82, 2.24) is 0 Å². The Hall–Kier alpha value is -5.64. The quantitative estimate of drug-likeness (QED) is 0.161. The third kappa shape index (κ3) is 6.08. The minimum Gasteiger partial charge on any atom is -0.311 e. The van der Waals surface area contributed by atoms with Crippen LogP contribution in [0.4, 0.5) is 17.1 Å². The molecule has 0 aliphatic carbocycles. The molecular weight excluding hydrogens is 486 g/mol. The zero-order chi connectivity index (χ0) is 27.7. The molecule has 3 heteroatoms. The normalized spacial score (nSPS) is 11.4. The fourth-order valence-corrected chi connectivity index (χ4v) is 4.51. The number of allylic oxidation sites excluding steroid dienone is 2. The summed E-state index contributed by atoms with van der Waals surface area (Å²) in [5.41, 5.74) is 9.02. The highest BCUT2D eigenvalue weighted by Gasteiger charge is 2.12. The molecule has 5 rings (SSSR count). The fraction of sp³-hybridized carbons (Fsp3) is 0.0270. The van der Waals surface area contributed by atoms with Gasteiger partial charge < -0.3 is 4.90 Å². The number of anilines is 3. The predicted molar refractivity (Wildman–Crippen MR) is 166 cm³/mol. The fourth-order valence-electron chi connectivity index (χ4n) is 4.51. The van der Waals surface area contributed by atoms with Crippen molar-refractivity contribution in [2.24, 2.45) is 0 Å². The molecular formula is C37H27N3. The van der Waals surface area contributed by atoms with Crippen molar-refractivity contribution in [3.8, 4) is 12.1 Å². The van der Waals surface area contributed by atoms with Gasteiger partial charge in [0.15, 0.2) is 0 Å². The van der Waals surface area contributed by atoms with Gasteiger partial charge in [0.2, 0.25) is 0 Å². The van der Waals surface area contributed by atoms with Crippen LogP contribution >= 0.6 is 0 Å². The molecule has 0 aliphatic rings. The highest BCUT2D eigenvalue weighted by molar-refractivity contribution is 5.92. The minimum atomic E-state index is 0.559. The highest BCUT2D eigenvalue weighted by Crippen LogP contribution is 2.34. The number of rotatable bonds is 7. The summed E-state index contributed by atoms with van der Waals surface area (Å²) in [4.78, 5) is 2.20. The van der Waals surface area contributed by atoms with Crippen molar-refractivity contribution in [3.63, 3.8) is 0 Å². The van der Waals surface area contributed by atoms with E-state index in [0.717, 1.165) is 39.3 Å². The Balaban J connectivity index is 1.40. The maximum Gasteiger partial charge on any atom is 0.0998 e. The molecule has 0 N–H and O–H groups in total. The molecule has 0 heterocycles. The Kier molecular flexibility index (Phi) is 7.97. The monoisotopic (exact) mass is 513 g/mol. The summed E-state index contributed by atoms with van der Waals surface area (Å²) in [6.07, 6.45) is 3.77. The van der Waals surface area contributed by atoms with E-state index in [1.165, 1.54) is 5.56 Å². The van der Waals surface area contributed by atoms with Crippen molar-refractivity contribution in [2.75, 3.05) is 4.90 Å². The Bertz CT molecular complexity index is 1680. The molecule has 0 bridgehead atoms. The Labute approximate surface area is 235 Å². The van der Waals surface area contributed by atoms with Crippen molar-refractivity contribution in [2.45, 2.75) is 6.92 Å². The van der Waals surface area contributed by atoms with Gasteiger partial charge in [-0.15, -0.1) is 0 Å². The van der Waals surface area contributed by atoms with Crippen LogP contribution in [0, 0.1) is 29.6 Å². The van der Waals surface area contributed by atoms with Gasteiger partial charge in [0, 0.05) is 17.1 Å². The second-order valence-electron chi connectivity index (χ2n) is 9.43. The van der Waals surface area contributed by atoms with Crippen LogP contribution in [0.2, 0.25) is 0 Å². The van der Waals surface area contributed by atoms with E-state index in [9.17, 15) is 10.5 Å². The van der Waals surface area contributed by atoms with Gasteiger partial charge in [-0.1, -0.05) is 103 Å². The molecule has 0 atom stereocenters. The first kappa shape index (κ1) is 26.0. The Morgan fingerprint density at radius 2 is 0.875 bits per heavy atom. The molecule has 0 amide bonds. The smallest absolute Gasteiger partial charge is 0.0998 e. The molecule has 0 aromatic heterocycles. The summed E-state index contributed by atoms with van der Waals surface area (Å²) < 4.78 is 0. The van der Waals surface area contributed by atoms with Crippen LogP contribution in [-0.2, 0) is 0 Å². The summed E-state index contributed by atoms with van der Waals surface area (Å²) in [5.74, 6) is 0. The lowest BCUT2D eigenvalue weighted by molar-refractivity contribution is 1.28. The largest absolute Gasteiger partial charge is 0.311 e. The van der Waals surface area contributed by atoms with Crippen LogP contribution in [0.1, 0.15) is 27.8 Å².